The SMILES string of the molecule is CC1(C)CC(=O)C(S(=O)(=O)Nc2cccc(Cl)c2)=C(Nc2cccc(Cl)c2)C1. The summed E-state index contributed by atoms with van der Waals surface area (Å²) in [6.45, 7) is 3.86. The van der Waals surface area contributed by atoms with Crippen LogP contribution in [-0.2, 0) is 14.8 Å². The van der Waals surface area contributed by atoms with Gasteiger partial charge in [-0.1, -0.05) is 49.2 Å². The van der Waals surface area contributed by atoms with E-state index in [4.69, 9.17) is 23.2 Å². The normalized spacial score (nSPS) is 16.8. The molecule has 2 N–H and O–H groups in total. The average Bonchev–Trinajstić information content (AvgIpc) is 2.52. The number of carbonyl (C=O) groups is 1. The minimum Gasteiger partial charge on any atom is -0.358 e. The van der Waals surface area contributed by atoms with Gasteiger partial charge in [0.2, 0.25) is 0 Å². The Balaban J connectivity index is 2.05. The Kier molecular flexibility index (Phi) is 5.75. The van der Waals surface area contributed by atoms with E-state index in [1.165, 1.54) is 6.07 Å². The highest BCUT2D eigenvalue weighted by atomic mass is 35.5. The first-order valence-corrected chi connectivity index (χ1v) is 10.9. The summed E-state index contributed by atoms with van der Waals surface area (Å²) in [6.07, 6.45) is 0.538. The number of carbonyl (C=O) groups excluding carboxylic acids is 1. The Morgan fingerprint density at radius 3 is 2.11 bits per heavy atom. The minimum atomic E-state index is -4.11. The Hall–Kier alpha value is -2.02. The van der Waals surface area contributed by atoms with Crippen LogP contribution in [0.4, 0.5) is 11.4 Å². The lowest BCUT2D eigenvalue weighted by atomic mass is 9.78. The molecule has 1 aliphatic rings. The van der Waals surface area contributed by atoms with Crippen LogP contribution in [0, 0.1) is 5.41 Å². The third-order valence-electron chi connectivity index (χ3n) is 4.29. The second-order valence-corrected chi connectivity index (χ2v) is 9.99. The molecule has 0 spiro atoms. The molecule has 0 bridgehead atoms. The molecular weight excluding hydrogens is 419 g/mol. The van der Waals surface area contributed by atoms with Crippen molar-refractivity contribution in [3.63, 3.8) is 0 Å². The van der Waals surface area contributed by atoms with Crippen LogP contribution in [0.1, 0.15) is 26.7 Å². The number of Topliss-reactive ketones (excluding diaryl/α,β-unsaturated/α-hetero) is 1. The molecule has 0 atom stereocenters. The summed E-state index contributed by atoms with van der Waals surface area (Å²) >= 11 is 12.0. The molecular formula is C20H20Cl2N2O3S. The Morgan fingerprint density at radius 2 is 1.50 bits per heavy atom. The van der Waals surface area contributed by atoms with Crippen molar-refractivity contribution in [1.29, 1.82) is 0 Å². The number of hydrogen-bond acceptors (Lipinski definition) is 4. The van der Waals surface area contributed by atoms with Gasteiger partial charge in [-0.05, 0) is 48.2 Å². The van der Waals surface area contributed by atoms with Crippen molar-refractivity contribution in [2.24, 2.45) is 5.41 Å². The van der Waals surface area contributed by atoms with E-state index in [1.807, 2.05) is 13.8 Å². The third-order valence-corrected chi connectivity index (χ3v) is 6.27. The zero-order valence-corrected chi connectivity index (χ0v) is 17.8. The molecule has 3 rings (SSSR count). The quantitative estimate of drug-likeness (QED) is 0.650. The summed E-state index contributed by atoms with van der Waals surface area (Å²) in [5.74, 6) is -0.435. The van der Waals surface area contributed by atoms with E-state index < -0.39 is 15.8 Å². The predicted octanol–water partition coefficient (Wildman–Crippen LogP) is 5.45. The average molecular weight is 439 g/mol. The fourth-order valence-corrected chi connectivity index (χ4v) is 4.96. The molecule has 5 nitrogen and oxygen atoms in total. The Morgan fingerprint density at radius 1 is 0.929 bits per heavy atom. The topological polar surface area (TPSA) is 75.3 Å². The van der Waals surface area contributed by atoms with Gasteiger partial charge in [0.15, 0.2) is 5.78 Å². The number of hydrogen-bond donors (Lipinski definition) is 2. The molecule has 0 aliphatic heterocycles. The molecule has 0 saturated heterocycles. The van der Waals surface area contributed by atoms with Gasteiger partial charge in [-0.25, -0.2) is 8.42 Å². The van der Waals surface area contributed by atoms with E-state index in [-0.39, 0.29) is 16.7 Å². The van der Waals surface area contributed by atoms with Gasteiger partial charge in [0.25, 0.3) is 10.0 Å². The molecule has 28 heavy (non-hydrogen) atoms. The van der Waals surface area contributed by atoms with Crippen LogP contribution < -0.4 is 10.0 Å². The summed E-state index contributed by atoms with van der Waals surface area (Å²) in [5.41, 5.74) is 0.883. The van der Waals surface area contributed by atoms with Gasteiger partial charge in [-0.2, -0.15) is 0 Å². The van der Waals surface area contributed by atoms with Crippen LogP contribution in [-0.4, -0.2) is 14.2 Å². The summed E-state index contributed by atoms with van der Waals surface area (Å²) in [4.78, 5) is 12.6. The Bertz CT molecular complexity index is 1060. The number of anilines is 2. The number of sulfonamides is 1. The van der Waals surface area contributed by atoms with Gasteiger partial charge in [0.05, 0.1) is 5.69 Å². The number of ketones is 1. The lowest BCUT2D eigenvalue weighted by Crippen LogP contribution is -2.33. The van der Waals surface area contributed by atoms with E-state index in [9.17, 15) is 13.2 Å². The van der Waals surface area contributed by atoms with Gasteiger partial charge < -0.3 is 5.32 Å². The van der Waals surface area contributed by atoms with Crippen molar-refractivity contribution in [2.75, 3.05) is 10.0 Å². The van der Waals surface area contributed by atoms with Crippen molar-refractivity contribution < 1.29 is 13.2 Å². The molecule has 148 valence electrons. The highest BCUT2D eigenvalue weighted by molar-refractivity contribution is 7.97. The van der Waals surface area contributed by atoms with Crippen LogP contribution >= 0.6 is 23.2 Å². The smallest absolute Gasteiger partial charge is 0.267 e. The number of halogens is 2. The lowest BCUT2D eigenvalue weighted by Gasteiger charge is -2.32. The first kappa shape index (κ1) is 20.7. The number of nitrogens with one attached hydrogen (secondary N) is 2. The zero-order valence-electron chi connectivity index (χ0n) is 15.4. The van der Waals surface area contributed by atoms with Gasteiger partial charge in [0.1, 0.15) is 4.91 Å². The lowest BCUT2D eigenvalue weighted by molar-refractivity contribution is -0.117. The second-order valence-electron chi connectivity index (χ2n) is 7.50. The third kappa shape index (κ3) is 4.87. The van der Waals surface area contributed by atoms with Gasteiger partial charge >= 0.3 is 0 Å². The standard InChI is InChI=1S/C20H20Cl2N2O3S/c1-20(2)11-17(23-15-7-3-5-13(21)9-15)19(18(25)12-20)28(26,27)24-16-8-4-6-14(22)10-16/h3-10,23-24H,11-12H2,1-2H3. The van der Waals surface area contributed by atoms with Gasteiger partial charge in [0, 0.05) is 27.9 Å². The van der Waals surface area contributed by atoms with Crippen molar-refractivity contribution in [3.05, 3.63) is 69.2 Å². The van der Waals surface area contributed by atoms with Crippen LogP contribution in [0.3, 0.4) is 0 Å². The van der Waals surface area contributed by atoms with Gasteiger partial charge in [-0.3, -0.25) is 9.52 Å². The monoisotopic (exact) mass is 438 g/mol. The summed E-state index contributed by atoms with van der Waals surface area (Å²) in [7, 11) is -4.11. The molecule has 0 aromatic heterocycles. The van der Waals surface area contributed by atoms with E-state index in [0.29, 0.717) is 33.5 Å². The first-order chi connectivity index (χ1) is 13.1. The molecule has 0 heterocycles. The molecule has 8 heteroatoms. The first-order valence-electron chi connectivity index (χ1n) is 8.63. The van der Waals surface area contributed by atoms with Crippen LogP contribution in [0.2, 0.25) is 10.0 Å². The van der Waals surface area contributed by atoms with Crippen molar-refractivity contribution in [2.45, 2.75) is 26.7 Å². The van der Waals surface area contributed by atoms with E-state index in [0.717, 1.165) is 0 Å². The van der Waals surface area contributed by atoms with Crippen LogP contribution in [0.25, 0.3) is 0 Å². The fraction of sp³-hybridized carbons (Fsp3) is 0.250. The molecule has 2 aromatic carbocycles. The van der Waals surface area contributed by atoms with E-state index >= 15 is 0 Å². The molecule has 0 saturated carbocycles. The minimum absolute atomic E-state index is 0.138. The highest BCUT2D eigenvalue weighted by Crippen LogP contribution is 2.39. The summed E-state index contributed by atoms with van der Waals surface area (Å²) in [6, 6.07) is 13.2. The fourth-order valence-electron chi connectivity index (χ4n) is 3.22. The summed E-state index contributed by atoms with van der Waals surface area (Å²) in [5, 5.41) is 3.99. The molecule has 2 aromatic rings. The number of benzene rings is 2. The summed E-state index contributed by atoms with van der Waals surface area (Å²) < 4.78 is 28.6. The molecule has 0 radical (unpaired) electrons. The number of rotatable bonds is 5. The molecule has 1 aliphatic carbocycles. The Labute approximate surface area is 174 Å². The van der Waals surface area contributed by atoms with Crippen molar-refractivity contribution in [3.8, 4) is 0 Å². The largest absolute Gasteiger partial charge is 0.358 e. The molecule has 0 fully saturated rings. The maximum atomic E-state index is 13.1. The van der Waals surface area contributed by atoms with Crippen molar-refractivity contribution >= 4 is 50.4 Å². The predicted molar refractivity (Wildman–Crippen MR) is 114 cm³/mol. The van der Waals surface area contributed by atoms with Crippen molar-refractivity contribution in [1.82, 2.24) is 0 Å². The molecule has 0 unspecified atom stereocenters. The number of allylic oxidation sites excluding steroid dienone is 2. The molecule has 0 amide bonds. The van der Waals surface area contributed by atoms with E-state index in [2.05, 4.69) is 10.0 Å². The van der Waals surface area contributed by atoms with Crippen LogP contribution in [0.5, 0.6) is 0 Å². The maximum Gasteiger partial charge on any atom is 0.267 e. The highest BCUT2D eigenvalue weighted by Gasteiger charge is 2.39. The maximum absolute atomic E-state index is 13.1. The van der Waals surface area contributed by atoms with Gasteiger partial charge in [-0.15, -0.1) is 0 Å². The second kappa shape index (κ2) is 7.78. The zero-order chi connectivity index (χ0) is 20.5. The van der Waals surface area contributed by atoms with E-state index in [1.54, 1.807) is 42.5 Å². The van der Waals surface area contributed by atoms with Crippen LogP contribution in [0.15, 0.2) is 59.1 Å².